The predicted molar refractivity (Wildman–Crippen MR) is 97.3 cm³/mol. The molecule has 6 heteroatoms. The number of aliphatic hydroxyl groups is 1. The highest BCUT2D eigenvalue weighted by Gasteiger charge is 2.19. The van der Waals surface area contributed by atoms with Gasteiger partial charge < -0.3 is 14.7 Å². The minimum Gasteiger partial charge on any atom is -0.396 e. The summed E-state index contributed by atoms with van der Waals surface area (Å²) in [7, 11) is 0. The van der Waals surface area contributed by atoms with Gasteiger partial charge in [-0.15, -0.1) is 0 Å². The third-order valence-corrected chi connectivity index (χ3v) is 4.35. The number of anilines is 1. The molecule has 1 heterocycles. The van der Waals surface area contributed by atoms with Crippen molar-refractivity contribution < 1.29 is 19.5 Å². The van der Waals surface area contributed by atoms with Crippen molar-refractivity contribution in [1.29, 1.82) is 0 Å². The molecule has 6 nitrogen and oxygen atoms in total. The van der Waals surface area contributed by atoms with Crippen molar-refractivity contribution in [2.75, 3.05) is 31.2 Å². The smallest absolute Gasteiger partial charge is 0.274 e. The molecule has 1 saturated heterocycles. The lowest BCUT2D eigenvalue weighted by Gasteiger charge is -2.32. The van der Waals surface area contributed by atoms with Crippen LogP contribution in [0.2, 0.25) is 0 Å². The number of nitrogens with zero attached hydrogens (tertiary/aromatic N) is 1. The van der Waals surface area contributed by atoms with Crippen LogP contribution in [0.15, 0.2) is 24.3 Å². The molecule has 0 saturated carbocycles. The van der Waals surface area contributed by atoms with Crippen LogP contribution in [0.25, 0.3) is 0 Å². The normalized spacial score (nSPS) is 16.9. The summed E-state index contributed by atoms with van der Waals surface area (Å²) in [6, 6.07) is 7.50. The van der Waals surface area contributed by atoms with Crippen LogP contribution in [0.3, 0.4) is 0 Å². The molecule has 1 aliphatic heterocycles. The Morgan fingerprint density at radius 3 is 2.44 bits per heavy atom. The van der Waals surface area contributed by atoms with Crippen LogP contribution < -0.4 is 10.4 Å². The molecule has 1 unspecified atom stereocenters. The number of aliphatic hydroxyl groups excluding tert-OH is 1. The van der Waals surface area contributed by atoms with E-state index in [-0.39, 0.29) is 12.5 Å². The van der Waals surface area contributed by atoms with Gasteiger partial charge in [-0.3, -0.25) is 4.79 Å². The zero-order chi connectivity index (χ0) is 18.2. The van der Waals surface area contributed by atoms with Gasteiger partial charge in [0.25, 0.3) is 5.91 Å². The van der Waals surface area contributed by atoms with Crippen molar-refractivity contribution in [2.45, 2.75) is 39.9 Å². The number of rotatable bonds is 8. The topological polar surface area (TPSA) is 71.0 Å². The zero-order valence-corrected chi connectivity index (χ0v) is 15.4. The summed E-state index contributed by atoms with van der Waals surface area (Å²) >= 11 is 0. The maximum atomic E-state index is 12.1. The first kappa shape index (κ1) is 19.7. The number of carbonyl (C=O) groups excluding carboxylic acids is 1. The largest absolute Gasteiger partial charge is 0.396 e. The van der Waals surface area contributed by atoms with Crippen LogP contribution in [0.1, 0.15) is 44.0 Å². The van der Waals surface area contributed by atoms with Crippen LogP contribution >= 0.6 is 0 Å². The van der Waals surface area contributed by atoms with Crippen molar-refractivity contribution in [3.05, 3.63) is 29.8 Å². The summed E-state index contributed by atoms with van der Waals surface area (Å²) in [6.45, 7) is 8.58. The lowest BCUT2D eigenvalue weighted by atomic mass is 9.97. The van der Waals surface area contributed by atoms with E-state index in [1.165, 1.54) is 0 Å². The molecule has 0 aromatic heterocycles. The highest BCUT2D eigenvalue weighted by atomic mass is 16.8. The van der Waals surface area contributed by atoms with Crippen LogP contribution in [0, 0.1) is 11.8 Å². The second-order valence-corrected chi connectivity index (χ2v) is 7.00. The minimum absolute atomic E-state index is 0.270. The maximum Gasteiger partial charge on any atom is 0.274 e. The molecule has 140 valence electrons. The number of ether oxygens (including phenoxy) is 1. The first-order chi connectivity index (χ1) is 12.0. The van der Waals surface area contributed by atoms with Gasteiger partial charge in [0.05, 0.1) is 6.61 Å². The lowest BCUT2D eigenvalue weighted by Crippen LogP contribution is -2.34. The summed E-state index contributed by atoms with van der Waals surface area (Å²) < 4.78 is 5.44. The van der Waals surface area contributed by atoms with Gasteiger partial charge in [-0.25, -0.2) is 10.3 Å². The molecular weight excluding hydrogens is 320 g/mol. The average molecular weight is 350 g/mol. The fraction of sp³-hybridized carbons (Fsp3) is 0.632. The number of piperidine rings is 1. The maximum absolute atomic E-state index is 12.1. The molecule has 0 bridgehead atoms. The molecule has 1 amide bonds. The molecule has 1 atom stereocenters. The van der Waals surface area contributed by atoms with E-state index in [4.69, 9.17) is 9.57 Å². The monoisotopic (exact) mass is 350 g/mol. The molecule has 1 aromatic rings. The SMILES string of the molecule is CC(C)COC(C)ONC(=O)c1ccc(N2CCC(CO)CC2)cc1. The summed E-state index contributed by atoms with van der Waals surface area (Å²) in [5, 5.41) is 9.21. The van der Waals surface area contributed by atoms with E-state index < -0.39 is 6.29 Å². The quantitative estimate of drug-likeness (QED) is 0.557. The fourth-order valence-electron chi connectivity index (χ4n) is 2.75. The van der Waals surface area contributed by atoms with Gasteiger partial charge >= 0.3 is 0 Å². The van der Waals surface area contributed by atoms with E-state index in [1.807, 2.05) is 12.1 Å². The van der Waals surface area contributed by atoms with E-state index in [2.05, 4.69) is 24.2 Å². The Balaban J connectivity index is 1.80. The van der Waals surface area contributed by atoms with Gasteiger partial charge in [0.15, 0.2) is 6.29 Å². The molecule has 25 heavy (non-hydrogen) atoms. The average Bonchev–Trinajstić information content (AvgIpc) is 2.64. The van der Waals surface area contributed by atoms with E-state index in [0.29, 0.717) is 24.0 Å². The summed E-state index contributed by atoms with van der Waals surface area (Å²) in [4.78, 5) is 19.6. The second-order valence-electron chi connectivity index (χ2n) is 7.00. The Kier molecular flexibility index (Phi) is 7.68. The molecular formula is C19H30N2O4. The first-order valence-corrected chi connectivity index (χ1v) is 9.03. The Morgan fingerprint density at radius 1 is 1.24 bits per heavy atom. The van der Waals surface area contributed by atoms with Crippen LogP contribution in [-0.4, -0.2) is 43.6 Å². The number of nitrogens with one attached hydrogen (secondary N) is 1. The minimum atomic E-state index is -0.488. The molecule has 0 aliphatic carbocycles. The van der Waals surface area contributed by atoms with Crippen molar-refractivity contribution in [3.63, 3.8) is 0 Å². The summed E-state index contributed by atoms with van der Waals surface area (Å²) in [5.41, 5.74) is 4.08. The van der Waals surface area contributed by atoms with Gasteiger partial charge in [0.2, 0.25) is 0 Å². The van der Waals surface area contributed by atoms with E-state index >= 15 is 0 Å². The number of hydroxylamine groups is 1. The standard InChI is InChI=1S/C19H30N2O4/c1-14(2)13-24-15(3)25-20-19(23)17-4-6-18(7-5-17)21-10-8-16(12-22)9-11-21/h4-7,14-16,22H,8-13H2,1-3H3,(H,20,23). The van der Waals surface area contributed by atoms with Gasteiger partial charge in [-0.05, 0) is 55.9 Å². The number of hydrogen-bond donors (Lipinski definition) is 2. The van der Waals surface area contributed by atoms with E-state index in [9.17, 15) is 9.90 Å². The number of carbonyl (C=O) groups is 1. The zero-order valence-electron chi connectivity index (χ0n) is 15.4. The molecule has 1 aromatic carbocycles. The molecule has 2 rings (SSSR count). The highest BCUT2D eigenvalue weighted by molar-refractivity contribution is 5.93. The molecule has 0 spiro atoms. The van der Waals surface area contributed by atoms with Crippen molar-refractivity contribution in [1.82, 2.24) is 5.48 Å². The number of benzene rings is 1. The highest BCUT2D eigenvalue weighted by Crippen LogP contribution is 2.23. The first-order valence-electron chi connectivity index (χ1n) is 9.03. The molecule has 1 aliphatic rings. The Labute approximate surface area is 150 Å². The Hall–Kier alpha value is -1.63. The van der Waals surface area contributed by atoms with Gasteiger partial charge in [0, 0.05) is 30.9 Å². The second kappa shape index (κ2) is 9.75. The Morgan fingerprint density at radius 2 is 1.88 bits per heavy atom. The number of hydrogen-bond acceptors (Lipinski definition) is 5. The van der Waals surface area contributed by atoms with Crippen molar-refractivity contribution in [2.24, 2.45) is 11.8 Å². The predicted octanol–water partition coefficient (Wildman–Crippen LogP) is 2.58. The lowest BCUT2D eigenvalue weighted by molar-refractivity contribution is -0.163. The summed E-state index contributed by atoms with van der Waals surface area (Å²) in [5.74, 6) is 0.542. The van der Waals surface area contributed by atoms with Crippen LogP contribution in [0.5, 0.6) is 0 Å². The molecule has 0 radical (unpaired) electrons. The fourth-order valence-corrected chi connectivity index (χ4v) is 2.75. The molecule has 1 fully saturated rings. The summed E-state index contributed by atoms with van der Waals surface area (Å²) in [6.07, 6.45) is 1.51. The third-order valence-electron chi connectivity index (χ3n) is 4.35. The van der Waals surface area contributed by atoms with E-state index in [1.54, 1.807) is 19.1 Å². The van der Waals surface area contributed by atoms with Crippen molar-refractivity contribution in [3.8, 4) is 0 Å². The molecule has 2 N–H and O–H groups in total. The Bertz CT molecular complexity index is 525. The van der Waals surface area contributed by atoms with Gasteiger partial charge in [0.1, 0.15) is 0 Å². The third kappa shape index (κ3) is 6.30. The van der Waals surface area contributed by atoms with Gasteiger partial charge in [-0.1, -0.05) is 13.8 Å². The van der Waals surface area contributed by atoms with Gasteiger partial charge in [-0.2, -0.15) is 0 Å². The number of amides is 1. The van der Waals surface area contributed by atoms with Crippen molar-refractivity contribution >= 4 is 11.6 Å². The van der Waals surface area contributed by atoms with Crippen LogP contribution in [-0.2, 0) is 9.57 Å². The van der Waals surface area contributed by atoms with Crippen LogP contribution in [0.4, 0.5) is 5.69 Å². The van der Waals surface area contributed by atoms with E-state index in [0.717, 1.165) is 31.6 Å².